The Bertz CT molecular complexity index is 532. The molecule has 106 valence electrons. The Kier molecular flexibility index (Phi) is 4.99. The molecule has 1 fully saturated rings. The lowest BCUT2D eigenvalue weighted by atomic mass is 9.84. The number of ketones is 1. The van der Waals surface area contributed by atoms with Gasteiger partial charge in [-0.15, -0.1) is 0 Å². The molecule has 5 heteroatoms. The average Bonchev–Trinajstić information content (AvgIpc) is 2.49. The molecule has 1 heterocycles. The predicted molar refractivity (Wildman–Crippen MR) is 74.9 cm³/mol. The molecule has 1 saturated heterocycles. The second kappa shape index (κ2) is 6.74. The van der Waals surface area contributed by atoms with Crippen LogP contribution in [0, 0.1) is 17.2 Å². The van der Waals surface area contributed by atoms with Crippen LogP contribution in [0.25, 0.3) is 0 Å². The van der Waals surface area contributed by atoms with Gasteiger partial charge >= 0.3 is 0 Å². The Hall–Kier alpha value is -1.57. The predicted octanol–water partition coefficient (Wildman–Crippen LogP) is 2.95. The summed E-state index contributed by atoms with van der Waals surface area (Å²) in [5, 5.41) is 9.88. The molecule has 20 heavy (non-hydrogen) atoms. The van der Waals surface area contributed by atoms with E-state index in [-0.39, 0.29) is 11.7 Å². The summed E-state index contributed by atoms with van der Waals surface area (Å²) < 4.78 is 10.5. The first-order chi connectivity index (χ1) is 9.67. The normalized spacial score (nSPS) is 17.2. The van der Waals surface area contributed by atoms with Crippen molar-refractivity contribution in [3.63, 3.8) is 0 Å². The van der Waals surface area contributed by atoms with Crippen LogP contribution >= 0.6 is 11.6 Å². The van der Waals surface area contributed by atoms with E-state index in [1.807, 2.05) is 0 Å². The maximum Gasteiger partial charge on any atom is 0.157 e. The fourth-order valence-electron chi connectivity index (χ4n) is 2.44. The van der Waals surface area contributed by atoms with Crippen molar-refractivity contribution in [1.29, 1.82) is 5.26 Å². The Morgan fingerprint density at radius 3 is 2.80 bits per heavy atom. The monoisotopic (exact) mass is 293 g/mol. The molecule has 0 amide bonds. The summed E-state index contributed by atoms with van der Waals surface area (Å²) in [6.07, 6.45) is 1.33. The molecule has 0 saturated carbocycles. The van der Waals surface area contributed by atoms with E-state index in [0.717, 1.165) is 0 Å². The molecule has 1 aliphatic heterocycles. The van der Waals surface area contributed by atoms with E-state index in [4.69, 9.17) is 21.1 Å². The van der Waals surface area contributed by atoms with Gasteiger partial charge in [0.1, 0.15) is 11.7 Å². The third kappa shape index (κ3) is 3.12. The number of carbonyl (C=O) groups is 1. The quantitative estimate of drug-likeness (QED) is 0.856. The molecular weight excluding hydrogens is 278 g/mol. The lowest BCUT2D eigenvalue weighted by molar-refractivity contribution is -0.126. The highest BCUT2D eigenvalue weighted by atomic mass is 35.5. The molecule has 0 spiro atoms. The maximum absolute atomic E-state index is 12.5. The van der Waals surface area contributed by atoms with E-state index in [2.05, 4.69) is 6.07 Å². The Morgan fingerprint density at radius 1 is 1.50 bits per heavy atom. The van der Waals surface area contributed by atoms with Crippen LogP contribution in [0.15, 0.2) is 18.2 Å². The molecule has 1 aromatic carbocycles. The lowest BCUT2D eigenvalue weighted by Crippen LogP contribution is -2.27. The van der Waals surface area contributed by atoms with Gasteiger partial charge in [-0.2, -0.15) is 5.26 Å². The fraction of sp³-hybridized carbons (Fsp3) is 0.467. The molecule has 0 aliphatic carbocycles. The zero-order valence-electron chi connectivity index (χ0n) is 11.3. The van der Waals surface area contributed by atoms with Crippen molar-refractivity contribution in [1.82, 2.24) is 0 Å². The smallest absolute Gasteiger partial charge is 0.157 e. The third-order valence-electron chi connectivity index (χ3n) is 3.54. The summed E-state index contributed by atoms with van der Waals surface area (Å²) >= 11 is 5.97. The number of hydrogen-bond donors (Lipinski definition) is 0. The summed E-state index contributed by atoms with van der Waals surface area (Å²) in [6, 6.07) is 7.08. The van der Waals surface area contributed by atoms with Crippen LogP contribution < -0.4 is 4.74 Å². The highest BCUT2D eigenvalue weighted by molar-refractivity contribution is 6.30. The first-order valence-electron chi connectivity index (χ1n) is 6.52. The average molecular weight is 294 g/mol. The molecule has 4 nitrogen and oxygen atoms in total. The summed E-state index contributed by atoms with van der Waals surface area (Å²) in [7, 11) is 1.51. The number of ether oxygens (including phenoxy) is 2. The SMILES string of the molecule is COc1ccc(Cl)cc1C(C#N)C(=O)C1CCOCC1. The highest BCUT2D eigenvalue weighted by Crippen LogP contribution is 2.33. The molecule has 0 radical (unpaired) electrons. The Balaban J connectivity index is 2.30. The van der Waals surface area contributed by atoms with Crippen molar-refractivity contribution >= 4 is 17.4 Å². The topological polar surface area (TPSA) is 59.3 Å². The number of nitrogens with zero attached hydrogens (tertiary/aromatic N) is 1. The molecule has 0 bridgehead atoms. The molecule has 1 aromatic rings. The number of methoxy groups -OCH3 is 1. The minimum absolute atomic E-state index is 0.0728. The van der Waals surface area contributed by atoms with Gasteiger partial charge in [-0.05, 0) is 31.0 Å². The zero-order chi connectivity index (χ0) is 14.5. The van der Waals surface area contributed by atoms with E-state index in [9.17, 15) is 10.1 Å². The van der Waals surface area contributed by atoms with Gasteiger partial charge in [-0.3, -0.25) is 4.79 Å². The fourth-order valence-corrected chi connectivity index (χ4v) is 2.62. The summed E-state index contributed by atoms with van der Waals surface area (Å²) in [6.45, 7) is 1.14. The molecule has 1 atom stereocenters. The number of benzene rings is 1. The van der Waals surface area contributed by atoms with Crippen LogP contribution in [0.4, 0.5) is 0 Å². The van der Waals surface area contributed by atoms with Gasteiger partial charge in [0.25, 0.3) is 0 Å². The zero-order valence-corrected chi connectivity index (χ0v) is 12.0. The Labute approximate surface area is 123 Å². The van der Waals surface area contributed by atoms with E-state index in [1.165, 1.54) is 7.11 Å². The first-order valence-corrected chi connectivity index (χ1v) is 6.89. The maximum atomic E-state index is 12.5. The second-order valence-electron chi connectivity index (χ2n) is 4.74. The number of carbonyl (C=O) groups excluding carboxylic acids is 1. The minimum atomic E-state index is -0.841. The summed E-state index contributed by atoms with van der Waals surface area (Å²) in [5.41, 5.74) is 0.541. The van der Waals surface area contributed by atoms with Crippen molar-refractivity contribution in [2.45, 2.75) is 18.8 Å². The van der Waals surface area contributed by atoms with Gasteiger partial charge in [-0.1, -0.05) is 11.6 Å². The van der Waals surface area contributed by atoms with E-state index in [1.54, 1.807) is 18.2 Å². The number of hydrogen-bond acceptors (Lipinski definition) is 4. The van der Waals surface area contributed by atoms with Crippen molar-refractivity contribution < 1.29 is 14.3 Å². The van der Waals surface area contributed by atoms with Crippen LogP contribution in [0.2, 0.25) is 5.02 Å². The molecule has 2 rings (SSSR count). The molecule has 1 aliphatic rings. The lowest BCUT2D eigenvalue weighted by Gasteiger charge is -2.23. The standard InChI is InChI=1S/C15H16ClNO3/c1-19-14-3-2-11(16)8-12(14)13(9-17)15(18)10-4-6-20-7-5-10/h2-3,8,10,13H,4-7H2,1H3. The molecular formula is C15H16ClNO3. The van der Waals surface area contributed by atoms with Gasteiger partial charge < -0.3 is 9.47 Å². The Morgan fingerprint density at radius 2 is 2.20 bits per heavy atom. The van der Waals surface area contributed by atoms with Crippen LogP contribution in [0.1, 0.15) is 24.3 Å². The summed E-state index contributed by atoms with van der Waals surface area (Å²) in [5.74, 6) is -0.526. The van der Waals surface area contributed by atoms with Crippen molar-refractivity contribution in [2.24, 2.45) is 5.92 Å². The van der Waals surface area contributed by atoms with E-state index in [0.29, 0.717) is 42.4 Å². The van der Waals surface area contributed by atoms with Gasteiger partial charge in [-0.25, -0.2) is 0 Å². The van der Waals surface area contributed by atoms with Gasteiger partial charge in [0.2, 0.25) is 0 Å². The van der Waals surface area contributed by atoms with Crippen LogP contribution in [0.3, 0.4) is 0 Å². The van der Waals surface area contributed by atoms with Crippen LogP contribution in [0.5, 0.6) is 5.75 Å². The first kappa shape index (κ1) is 14.8. The van der Waals surface area contributed by atoms with Gasteiger partial charge in [0, 0.05) is 29.7 Å². The van der Waals surface area contributed by atoms with Crippen molar-refractivity contribution in [2.75, 3.05) is 20.3 Å². The van der Waals surface area contributed by atoms with Crippen LogP contribution in [-0.4, -0.2) is 26.1 Å². The second-order valence-corrected chi connectivity index (χ2v) is 5.17. The molecule has 0 N–H and O–H groups in total. The highest BCUT2D eigenvalue weighted by Gasteiger charge is 2.31. The van der Waals surface area contributed by atoms with Crippen molar-refractivity contribution in [3.8, 4) is 11.8 Å². The van der Waals surface area contributed by atoms with E-state index >= 15 is 0 Å². The van der Waals surface area contributed by atoms with Gasteiger partial charge in [0.15, 0.2) is 5.78 Å². The van der Waals surface area contributed by atoms with Crippen LogP contribution in [-0.2, 0) is 9.53 Å². The van der Waals surface area contributed by atoms with Gasteiger partial charge in [0.05, 0.1) is 13.2 Å². The molecule has 1 unspecified atom stereocenters. The summed E-state index contributed by atoms with van der Waals surface area (Å²) in [4.78, 5) is 12.5. The minimum Gasteiger partial charge on any atom is -0.496 e. The third-order valence-corrected chi connectivity index (χ3v) is 3.78. The number of rotatable bonds is 4. The largest absolute Gasteiger partial charge is 0.496 e. The van der Waals surface area contributed by atoms with Crippen molar-refractivity contribution in [3.05, 3.63) is 28.8 Å². The molecule has 0 aromatic heterocycles. The number of nitriles is 1. The number of halogens is 1. The number of Topliss-reactive ketones (excluding diaryl/α,β-unsaturated/α-hetero) is 1. The van der Waals surface area contributed by atoms with E-state index < -0.39 is 5.92 Å².